The van der Waals surface area contributed by atoms with Crippen molar-refractivity contribution in [2.75, 3.05) is 6.54 Å². The molecule has 19 heavy (non-hydrogen) atoms. The van der Waals surface area contributed by atoms with E-state index in [0.29, 0.717) is 19.6 Å². The lowest BCUT2D eigenvalue weighted by molar-refractivity contribution is -0.120. The molecule has 0 atom stereocenters. The van der Waals surface area contributed by atoms with Crippen LogP contribution in [0.4, 0.5) is 0 Å². The van der Waals surface area contributed by atoms with Crippen LogP contribution in [0.1, 0.15) is 11.1 Å². The third kappa shape index (κ3) is 4.85. The van der Waals surface area contributed by atoms with Crippen LogP contribution >= 0.6 is 0 Å². The standard InChI is InChI=1S/C14H16N4O/c19-14(18-10-13-3-7-16-8-4-13)11-17-9-12-1-5-15-6-2-12/h1-8,17H,9-11H2,(H,18,19). The van der Waals surface area contributed by atoms with E-state index in [1.807, 2.05) is 24.3 Å². The van der Waals surface area contributed by atoms with Gasteiger partial charge in [-0.05, 0) is 35.4 Å². The first-order valence-electron chi connectivity index (χ1n) is 6.10. The molecule has 0 aliphatic heterocycles. The first kappa shape index (κ1) is 13.2. The number of nitrogens with zero attached hydrogens (tertiary/aromatic N) is 2. The molecule has 2 heterocycles. The molecule has 5 nitrogen and oxygen atoms in total. The van der Waals surface area contributed by atoms with Crippen molar-refractivity contribution in [2.45, 2.75) is 13.1 Å². The largest absolute Gasteiger partial charge is 0.351 e. The van der Waals surface area contributed by atoms with Gasteiger partial charge in [0.1, 0.15) is 0 Å². The fraction of sp³-hybridized carbons (Fsp3) is 0.214. The summed E-state index contributed by atoms with van der Waals surface area (Å²) >= 11 is 0. The van der Waals surface area contributed by atoms with Crippen LogP contribution in [0, 0.1) is 0 Å². The van der Waals surface area contributed by atoms with Crippen molar-refractivity contribution in [1.82, 2.24) is 20.6 Å². The minimum absolute atomic E-state index is 0.0223. The second-order valence-corrected chi connectivity index (χ2v) is 4.09. The predicted molar refractivity (Wildman–Crippen MR) is 72.0 cm³/mol. The zero-order valence-electron chi connectivity index (χ0n) is 10.5. The molecule has 0 saturated heterocycles. The molecule has 0 radical (unpaired) electrons. The van der Waals surface area contributed by atoms with E-state index in [1.165, 1.54) is 0 Å². The van der Waals surface area contributed by atoms with Gasteiger partial charge < -0.3 is 10.6 Å². The Hall–Kier alpha value is -2.27. The van der Waals surface area contributed by atoms with Crippen LogP contribution in [-0.2, 0) is 17.9 Å². The van der Waals surface area contributed by atoms with E-state index in [2.05, 4.69) is 20.6 Å². The predicted octanol–water partition coefficient (Wildman–Crippen LogP) is 0.883. The summed E-state index contributed by atoms with van der Waals surface area (Å²) in [5.41, 5.74) is 2.15. The van der Waals surface area contributed by atoms with Gasteiger partial charge in [-0.2, -0.15) is 0 Å². The van der Waals surface area contributed by atoms with Gasteiger partial charge in [0, 0.05) is 37.9 Å². The van der Waals surface area contributed by atoms with Crippen LogP contribution in [0.3, 0.4) is 0 Å². The molecule has 0 saturated carbocycles. The molecule has 0 aliphatic rings. The average Bonchev–Trinajstić information content (AvgIpc) is 2.47. The minimum Gasteiger partial charge on any atom is -0.351 e. The van der Waals surface area contributed by atoms with Gasteiger partial charge in [0.2, 0.25) is 5.91 Å². The van der Waals surface area contributed by atoms with Crippen LogP contribution < -0.4 is 10.6 Å². The normalized spacial score (nSPS) is 10.1. The number of rotatable bonds is 6. The molecular weight excluding hydrogens is 240 g/mol. The number of pyridine rings is 2. The lowest BCUT2D eigenvalue weighted by Crippen LogP contribution is -2.33. The summed E-state index contributed by atoms with van der Waals surface area (Å²) in [6.07, 6.45) is 6.90. The molecule has 2 N–H and O–H groups in total. The van der Waals surface area contributed by atoms with Crippen molar-refractivity contribution in [3.8, 4) is 0 Å². The summed E-state index contributed by atoms with van der Waals surface area (Å²) in [5.74, 6) is -0.0223. The van der Waals surface area contributed by atoms with Crippen LogP contribution in [0.15, 0.2) is 49.1 Å². The molecule has 0 bridgehead atoms. The Balaban J connectivity index is 1.65. The van der Waals surface area contributed by atoms with E-state index in [4.69, 9.17) is 0 Å². The third-order valence-corrected chi connectivity index (χ3v) is 2.60. The maximum Gasteiger partial charge on any atom is 0.234 e. The van der Waals surface area contributed by atoms with Crippen LogP contribution in [-0.4, -0.2) is 22.4 Å². The molecule has 98 valence electrons. The summed E-state index contributed by atoms with van der Waals surface area (Å²) in [5, 5.41) is 5.93. The van der Waals surface area contributed by atoms with Gasteiger partial charge in [-0.15, -0.1) is 0 Å². The molecule has 0 spiro atoms. The highest BCUT2D eigenvalue weighted by molar-refractivity contribution is 5.77. The maximum absolute atomic E-state index is 11.6. The van der Waals surface area contributed by atoms with Crippen molar-refractivity contribution in [3.63, 3.8) is 0 Å². The van der Waals surface area contributed by atoms with Crippen molar-refractivity contribution in [1.29, 1.82) is 0 Å². The molecule has 5 heteroatoms. The Morgan fingerprint density at radius 1 is 0.895 bits per heavy atom. The Bertz CT molecular complexity index is 501. The zero-order valence-corrected chi connectivity index (χ0v) is 10.5. The quantitative estimate of drug-likeness (QED) is 0.805. The van der Waals surface area contributed by atoms with E-state index < -0.39 is 0 Å². The fourth-order valence-corrected chi connectivity index (χ4v) is 1.58. The van der Waals surface area contributed by atoms with Gasteiger partial charge >= 0.3 is 0 Å². The molecule has 1 amide bonds. The summed E-state index contributed by atoms with van der Waals surface area (Å²) in [4.78, 5) is 19.5. The molecule has 0 aliphatic carbocycles. The van der Waals surface area contributed by atoms with Gasteiger partial charge in [-0.1, -0.05) is 0 Å². The SMILES string of the molecule is O=C(CNCc1ccncc1)NCc1ccncc1. The second-order valence-electron chi connectivity index (χ2n) is 4.09. The molecule has 0 fully saturated rings. The minimum atomic E-state index is -0.0223. The number of hydrogen-bond donors (Lipinski definition) is 2. The van der Waals surface area contributed by atoms with E-state index in [1.54, 1.807) is 24.8 Å². The first-order valence-corrected chi connectivity index (χ1v) is 6.10. The van der Waals surface area contributed by atoms with Crippen LogP contribution in [0.2, 0.25) is 0 Å². The number of amides is 1. The number of carbonyl (C=O) groups excluding carboxylic acids is 1. The molecule has 2 aromatic rings. The Labute approximate surface area is 112 Å². The van der Waals surface area contributed by atoms with Crippen molar-refractivity contribution in [2.24, 2.45) is 0 Å². The maximum atomic E-state index is 11.6. The van der Waals surface area contributed by atoms with E-state index in [0.717, 1.165) is 11.1 Å². The summed E-state index contributed by atoms with van der Waals surface area (Å²) in [6.45, 7) is 1.48. The van der Waals surface area contributed by atoms with Gasteiger partial charge in [0.25, 0.3) is 0 Å². The van der Waals surface area contributed by atoms with E-state index in [9.17, 15) is 4.79 Å². The monoisotopic (exact) mass is 256 g/mol. The fourth-order valence-electron chi connectivity index (χ4n) is 1.58. The van der Waals surface area contributed by atoms with Crippen molar-refractivity contribution < 1.29 is 4.79 Å². The molecule has 0 unspecified atom stereocenters. The second kappa shape index (κ2) is 7.23. The van der Waals surface area contributed by atoms with Crippen LogP contribution in [0.25, 0.3) is 0 Å². The number of nitrogens with one attached hydrogen (secondary N) is 2. The zero-order chi connectivity index (χ0) is 13.3. The molecule has 2 rings (SSSR count). The Morgan fingerprint density at radius 2 is 1.42 bits per heavy atom. The Kier molecular flexibility index (Phi) is 5.01. The molecule has 2 aromatic heterocycles. The lowest BCUT2D eigenvalue weighted by atomic mass is 10.2. The van der Waals surface area contributed by atoms with Gasteiger partial charge in [-0.25, -0.2) is 0 Å². The Morgan fingerprint density at radius 3 is 2.00 bits per heavy atom. The average molecular weight is 256 g/mol. The third-order valence-electron chi connectivity index (χ3n) is 2.60. The van der Waals surface area contributed by atoms with E-state index in [-0.39, 0.29) is 5.91 Å². The summed E-state index contributed by atoms with van der Waals surface area (Å²) in [7, 11) is 0. The highest BCUT2D eigenvalue weighted by atomic mass is 16.1. The highest BCUT2D eigenvalue weighted by Gasteiger charge is 2.00. The number of aromatic nitrogens is 2. The highest BCUT2D eigenvalue weighted by Crippen LogP contribution is 1.95. The molecule has 0 aromatic carbocycles. The number of carbonyl (C=O) groups is 1. The smallest absolute Gasteiger partial charge is 0.234 e. The molecular formula is C14H16N4O. The van der Waals surface area contributed by atoms with Crippen molar-refractivity contribution >= 4 is 5.91 Å². The van der Waals surface area contributed by atoms with Crippen LogP contribution in [0.5, 0.6) is 0 Å². The first-order chi connectivity index (χ1) is 9.34. The van der Waals surface area contributed by atoms with Gasteiger partial charge in [0.15, 0.2) is 0 Å². The number of hydrogen-bond acceptors (Lipinski definition) is 4. The summed E-state index contributed by atoms with van der Waals surface area (Å²) in [6, 6.07) is 7.60. The topological polar surface area (TPSA) is 66.9 Å². The van der Waals surface area contributed by atoms with Gasteiger partial charge in [0.05, 0.1) is 6.54 Å². The van der Waals surface area contributed by atoms with Crippen molar-refractivity contribution in [3.05, 3.63) is 60.2 Å². The summed E-state index contributed by atoms with van der Waals surface area (Å²) < 4.78 is 0. The van der Waals surface area contributed by atoms with Gasteiger partial charge in [-0.3, -0.25) is 14.8 Å². The van der Waals surface area contributed by atoms with E-state index >= 15 is 0 Å². The lowest BCUT2D eigenvalue weighted by Gasteiger charge is -2.06.